The lowest BCUT2D eigenvalue weighted by Gasteiger charge is -2.31. The molecule has 106 valence electrons. The van der Waals surface area contributed by atoms with Crippen LogP contribution in [0.15, 0.2) is 12.1 Å². The van der Waals surface area contributed by atoms with Crippen LogP contribution in [0.2, 0.25) is 0 Å². The molecule has 0 unspecified atom stereocenters. The summed E-state index contributed by atoms with van der Waals surface area (Å²) in [6.45, 7) is 5.27. The first-order chi connectivity index (χ1) is 9.63. The molecule has 0 saturated carbocycles. The fourth-order valence-electron chi connectivity index (χ4n) is 2.36. The van der Waals surface area contributed by atoms with E-state index in [2.05, 4.69) is 22.1 Å². The molecular formula is C13H17N5O2. The molecule has 0 bridgehead atoms. The van der Waals surface area contributed by atoms with Gasteiger partial charge in [0, 0.05) is 25.2 Å². The fourth-order valence-corrected chi connectivity index (χ4v) is 2.36. The zero-order chi connectivity index (χ0) is 14.5. The predicted molar refractivity (Wildman–Crippen MR) is 74.4 cm³/mol. The summed E-state index contributed by atoms with van der Waals surface area (Å²) in [7, 11) is 0. The second kappa shape index (κ2) is 6.30. The van der Waals surface area contributed by atoms with Crippen LogP contribution in [0.3, 0.4) is 0 Å². The maximum atomic E-state index is 10.7. The summed E-state index contributed by atoms with van der Waals surface area (Å²) in [4.78, 5) is 16.5. The van der Waals surface area contributed by atoms with Crippen LogP contribution >= 0.6 is 0 Å². The Morgan fingerprint density at radius 1 is 1.55 bits per heavy atom. The molecule has 0 radical (unpaired) electrons. The van der Waals surface area contributed by atoms with Crippen molar-refractivity contribution in [3.63, 3.8) is 0 Å². The van der Waals surface area contributed by atoms with Crippen LogP contribution in [-0.4, -0.2) is 40.5 Å². The monoisotopic (exact) mass is 275 g/mol. The minimum absolute atomic E-state index is 0.147. The van der Waals surface area contributed by atoms with Crippen molar-refractivity contribution in [1.82, 2.24) is 9.88 Å². The summed E-state index contributed by atoms with van der Waals surface area (Å²) in [6, 6.07) is 4.96. The molecule has 0 aromatic carbocycles. The summed E-state index contributed by atoms with van der Waals surface area (Å²) < 4.78 is 0. The van der Waals surface area contributed by atoms with E-state index in [1.54, 1.807) is 12.1 Å². The molecular weight excluding hydrogens is 258 g/mol. The lowest BCUT2D eigenvalue weighted by atomic mass is 10.1. The number of nitriles is 1. The van der Waals surface area contributed by atoms with E-state index < -0.39 is 4.92 Å². The van der Waals surface area contributed by atoms with Gasteiger partial charge >= 0.3 is 5.69 Å². The van der Waals surface area contributed by atoms with E-state index in [4.69, 9.17) is 5.26 Å². The van der Waals surface area contributed by atoms with Gasteiger partial charge in [-0.3, -0.25) is 10.1 Å². The maximum Gasteiger partial charge on any atom is 0.305 e. The highest BCUT2D eigenvalue weighted by Crippen LogP contribution is 2.20. The van der Waals surface area contributed by atoms with Crippen molar-refractivity contribution in [2.45, 2.75) is 25.8 Å². The topological polar surface area (TPSA) is 95.1 Å². The highest BCUT2D eigenvalue weighted by Gasteiger charge is 2.20. The van der Waals surface area contributed by atoms with Crippen LogP contribution in [0.25, 0.3) is 0 Å². The summed E-state index contributed by atoms with van der Waals surface area (Å²) in [6.07, 6.45) is 2.02. The Bertz CT molecular complexity index is 532. The zero-order valence-corrected chi connectivity index (χ0v) is 11.4. The lowest BCUT2D eigenvalue weighted by Crippen LogP contribution is -2.39. The molecule has 7 heteroatoms. The van der Waals surface area contributed by atoms with Gasteiger partial charge in [0.15, 0.2) is 0 Å². The van der Waals surface area contributed by atoms with Gasteiger partial charge in [-0.05, 0) is 25.5 Å². The van der Waals surface area contributed by atoms with E-state index in [9.17, 15) is 10.1 Å². The van der Waals surface area contributed by atoms with E-state index >= 15 is 0 Å². The molecule has 1 N–H and O–H groups in total. The Hall–Kier alpha value is -2.20. The summed E-state index contributed by atoms with van der Waals surface area (Å²) in [5.74, 6) is 0.530. The van der Waals surface area contributed by atoms with E-state index in [0.717, 1.165) is 32.5 Å². The molecule has 1 fully saturated rings. The van der Waals surface area contributed by atoms with Crippen LogP contribution in [0, 0.1) is 21.4 Å². The SMILES string of the molecule is CCN1CCC(Nc2ccc([N+](=O)[O-])c(C#N)n2)CC1. The van der Waals surface area contributed by atoms with Gasteiger partial charge in [0.2, 0.25) is 5.69 Å². The maximum absolute atomic E-state index is 10.7. The van der Waals surface area contributed by atoms with Gasteiger partial charge in [-0.1, -0.05) is 6.92 Å². The minimum atomic E-state index is -0.588. The van der Waals surface area contributed by atoms with Gasteiger partial charge in [0.1, 0.15) is 11.9 Å². The number of piperidine rings is 1. The Morgan fingerprint density at radius 2 is 2.25 bits per heavy atom. The van der Waals surface area contributed by atoms with Crippen LogP contribution in [0.1, 0.15) is 25.5 Å². The molecule has 0 aliphatic carbocycles. The quantitative estimate of drug-likeness (QED) is 0.664. The Labute approximate surface area is 117 Å². The Kier molecular flexibility index (Phi) is 4.48. The first-order valence-corrected chi connectivity index (χ1v) is 6.68. The number of nitro groups is 1. The van der Waals surface area contributed by atoms with E-state index in [1.165, 1.54) is 6.07 Å². The average molecular weight is 275 g/mol. The number of aromatic nitrogens is 1. The van der Waals surface area contributed by atoms with E-state index in [1.807, 2.05) is 0 Å². The summed E-state index contributed by atoms with van der Waals surface area (Å²) in [5.41, 5.74) is -0.398. The van der Waals surface area contributed by atoms with Crippen molar-refractivity contribution >= 4 is 11.5 Å². The first-order valence-electron chi connectivity index (χ1n) is 6.68. The van der Waals surface area contributed by atoms with Gasteiger partial charge in [0.25, 0.3) is 0 Å². The number of hydrogen-bond donors (Lipinski definition) is 1. The third-order valence-electron chi connectivity index (χ3n) is 3.56. The van der Waals surface area contributed by atoms with Crippen LogP contribution in [-0.2, 0) is 0 Å². The van der Waals surface area contributed by atoms with Gasteiger partial charge in [0.05, 0.1) is 4.92 Å². The third-order valence-corrected chi connectivity index (χ3v) is 3.56. The third kappa shape index (κ3) is 3.22. The largest absolute Gasteiger partial charge is 0.367 e. The van der Waals surface area contributed by atoms with Crippen molar-refractivity contribution in [3.05, 3.63) is 27.9 Å². The standard InChI is InChI=1S/C13H17N5O2/c1-2-17-7-5-10(6-8-17)15-13-4-3-12(18(19)20)11(9-14)16-13/h3-4,10H,2,5-8H2,1H3,(H,15,16). The molecule has 2 heterocycles. The molecule has 1 aromatic rings. The molecule has 0 atom stereocenters. The van der Waals surface area contributed by atoms with Crippen molar-refractivity contribution in [3.8, 4) is 6.07 Å². The van der Waals surface area contributed by atoms with Crippen LogP contribution < -0.4 is 5.32 Å². The summed E-state index contributed by atoms with van der Waals surface area (Å²) in [5, 5.41) is 22.9. The number of nitrogens with zero attached hydrogens (tertiary/aromatic N) is 4. The van der Waals surface area contributed by atoms with E-state index in [0.29, 0.717) is 11.9 Å². The van der Waals surface area contributed by atoms with Gasteiger partial charge in [-0.2, -0.15) is 5.26 Å². The normalized spacial score (nSPS) is 16.6. The second-order valence-electron chi connectivity index (χ2n) is 4.79. The first kappa shape index (κ1) is 14.2. The van der Waals surface area contributed by atoms with Crippen molar-refractivity contribution in [1.29, 1.82) is 5.26 Å². The molecule has 1 aromatic heterocycles. The average Bonchev–Trinajstić information content (AvgIpc) is 2.47. The van der Waals surface area contributed by atoms with Crippen molar-refractivity contribution in [2.24, 2.45) is 0 Å². The Balaban J connectivity index is 2.04. The molecule has 0 amide bonds. The Morgan fingerprint density at radius 3 is 2.80 bits per heavy atom. The van der Waals surface area contributed by atoms with Gasteiger partial charge in [-0.15, -0.1) is 0 Å². The fraction of sp³-hybridized carbons (Fsp3) is 0.538. The van der Waals surface area contributed by atoms with Crippen LogP contribution in [0.4, 0.5) is 11.5 Å². The smallest absolute Gasteiger partial charge is 0.305 e. The second-order valence-corrected chi connectivity index (χ2v) is 4.79. The van der Waals surface area contributed by atoms with Crippen LogP contribution in [0.5, 0.6) is 0 Å². The highest BCUT2D eigenvalue weighted by molar-refractivity contribution is 5.50. The zero-order valence-electron chi connectivity index (χ0n) is 11.4. The molecule has 1 aliphatic rings. The van der Waals surface area contributed by atoms with Crippen molar-refractivity contribution in [2.75, 3.05) is 25.0 Å². The highest BCUT2D eigenvalue weighted by atomic mass is 16.6. The molecule has 20 heavy (non-hydrogen) atoms. The molecule has 7 nitrogen and oxygen atoms in total. The number of anilines is 1. The predicted octanol–water partition coefficient (Wildman–Crippen LogP) is 1.76. The number of nitrogens with one attached hydrogen (secondary N) is 1. The van der Waals surface area contributed by atoms with Gasteiger partial charge < -0.3 is 10.2 Å². The molecule has 0 spiro atoms. The summed E-state index contributed by atoms with van der Waals surface area (Å²) >= 11 is 0. The number of rotatable bonds is 4. The number of hydrogen-bond acceptors (Lipinski definition) is 6. The lowest BCUT2D eigenvalue weighted by molar-refractivity contribution is -0.385. The van der Waals surface area contributed by atoms with Gasteiger partial charge in [-0.25, -0.2) is 4.98 Å². The molecule has 2 rings (SSSR count). The molecule has 1 aliphatic heterocycles. The van der Waals surface area contributed by atoms with E-state index in [-0.39, 0.29) is 11.4 Å². The number of pyridine rings is 1. The number of likely N-dealkylation sites (tertiary alicyclic amines) is 1. The minimum Gasteiger partial charge on any atom is -0.367 e. The van der Waals surface area contributed by atoms with Crippen molar-refractivity contribution < 1.29 is 4.92 Å². The molecule has 1 saturated heterocycles.